The lowest BCUT2D eigenvalue weighted by molar-refractivity contribution is -0.135. The molecule has 1 atom stereocenters. The number of carbonyl (C=O) groups is 2. The van der Waals surface area contributed by atoms with Crippen LogP contribution in [0.4, 0.5) is 0 Å². The first kappa shape index (κ1) is 22.6. The normalized spacial score (nSPS) is 15.2. The first-order valence-corrected chi connectivity index (χ1v) is 11.6. The molecule has 176 valence electrons. The Kier molecular flexibility index (Phi) is 5.73. The van der Waals surface area contributed by atoms with Crippen LogP contribution >= 0.6 is 0 Å². The summed E-state index contributed by atoms with van der Waals surface area (Å²) in [7, 11) is 0. The van der Waals surface area contributed by atoms with Crippen molar-refractivity contribution in [2.45, 2.75) is 32.7 Å². The van der Waals surface area contributed by atoms with Crippen LogP contribution in [0.3, 0.4) is 0 Å². The number of ketones is 1. The summed E-state index contributed by atoms with van der Waals surface area (Å²) in [6.07, 6.45) is -0.112. The number of carbonyl (C=O) groups excluding carboxylic acids is 2. The Hall–Kier alpha value is -4.19. The van der Waals surface area contributed by atoms with E-state index in [1.54, 1.807) is 41.0 Å². The van der Waals surface area contributed by atoms with Crippen molar-refractivity contribution in [2.75, 3.05) is 0 Å². The molecule has 0 aliphatic carbocycles. The maximum absolute atomic E-state index is 13.7. The summed E-state index contributed by atoms with van der Waals surface area (Å²) in [6.45, 7) is 4.58. The van der Waals surface area contributed by atoms with Crippen LogP contribution in [-0.2, 0) is 11.3 Å². The molecule has 1 N–H and O–H groups in total. The highest BCUT2D eigenvalue weighted by Crippen LogP contribution is 2.45. The fraction of sp³-hybridized carbons (Fsp3) is 0.207. The number of pyridine rings is 1. The van der Waals surface area contributed by atoms with Gasteiger partial charge in [0.25, 0.3) is 5.56 Å². The highest BCUT2D eigenvalue weighted by molar-refractivity contribution is 6.11. The van der Waals surface area contributed by atoms with Crippen molar-refractivity contribution in [1.29, 1.82) is 0 Å². The number of benzene rings is 3. The lowest BCUT2D eigenvalue weighted by Crippen LogP contribution is -2.31. The number of fused-ring (bicyclic) bond motifs is 2. The SMILES string of the molecule is CC(C)Cn1c(=O)c([C@H]2CC(=O)Oc3ccc(C(=O)c4ccccc4)c(O)c32)cc2ccccc21. The molecule has 6 heteroatoms. The van der Waals surface area contributed by atoms with Gasteiger partial charge in [0, 0.05) is 29.2 Å². The number of rotatable bonds is 5. The van der Waals surface area contributed by atoms with Crippen molar-refractivity contribution in [3.05, 3.63) is 105 Å². The summed E-state index contributed by atoms with van der Waals surface area (Å²) in [5, 5.41) is 12.1. The van der Waals surface area contributed by atoms with Gasteiger partial charge in [-0.15, -0.1) is 0 Å². The lowest BCUT2D eigenvalue weighted by Gasteiger charge is -2.27. The third-order valence-electron chi connectivity index (χ3n) is 6.35. The first-order valence-electron chi connectivity index (χ1n) is 11.6. The topological polar surface area (TPSA) is 85.6 Å². The Labute approximate surface area is 202 Å². The molecule has 1 aliphatic heterocycles. The molecule has 0 bridgehead atoms. The average Bonchev–Trinajstić information content (AvgIpc) is 2.85. The Morgan fingerprint density at radius 3 is 2.49 bits per heavy atom. The molecule has 0 saturated heterocycles. The molecular weight excluding hydrogens is 442 g/mol. The van der Waals surface area contributed by atoms with E-state index in [0.717, 1.165) is 10.9 Å². The van der Waals surface area contributed by atoms with Crippen LogP contribution in [0, 0.1) is 5.92 Å². The lowest BCUT2D eigenvalue weighted by atomic mass is 9.84. The molecule has 0 spiro atoms. The van der Waals surface area contributed by atoms with E-state index in [1.807, 2.05) is 38.1 Å². The highest BCUT2D eigenvalue weighted by atomic mass is 16.5. The van der Waals surface area contributed by atoms with Crippen LogP contribution in [0.5, 0.6) is 11.5 Å². The third-order valence-corrected chi connectivity index (χ3v) is 6.35. The van der Waals surface area contributed by atoms with Crippen LogP contribution in [0.15, 0.2) is 77.6 Å². The van der Waals surface area contributed by atoms with Crippen molar-refractivity contribution < 1.29 is 19.4 Å². The summed E-state index contributed by atoms with van der Waals surface area (Å²) in [5.74, 6) is -1.47. The van der Waals surface area contributed by atoms with E-state index >= 15 is 0 Å². The maximum Gasteiger partial charge on any atom is 0.312 e. The van der Waals surface area contributed by atoms with E-state index in [1.165, 1.54) is 12.1 Å². The maximum atomic E-state index is 13.7. The molecule has 3 aromatic carbocycles. The zero-order valence-corrected chi connectivity index (χ0v) is 19.5. The van der Waals surface area contributed by atoms with Crippen molar-refractivity contribution >= 4 is 22.7 Å². The number of hydrogen-bond donors (Lipinski definition) is 1. The first-order chi connectivity index (χ1) is 16.8. The van der Waals surface area contributed by atoms with Crippen LogP contribution in [0.1, 0.15) is 53.2 Å². The van der Waals surface area contributed by atoms with Crippen LogP contribution in [-0.4, -0.2) is 21.4 Å². The number of ether oxygens (including phenoxy) is 1. The molecule has 0 fully saturated rings. The van der Waals surface area contributed by atoms with Crippen molar-refractivity contribution in [1.82, 2.24) is 4.57 Å². The standard InChI is InChI=1S/C29H25NO5/c1-17(2)16-30-23-11-7-6-10-19(23)14-22(29(30)34)21-15-25(31)35-24-13-12-20(28(33)26(21)24)27(32)18-8-4-3-5-9-18/h3-14,17,21,33H,15-16H2,1-2H3/t21-/m1/s1. The summed E-state index contributed by atoms with van der Waals surface area (Å²) in [5.41, 5.74) is 1.79. The van der Waals surface area contributed by atoms with E-state index in [9.17, 15) is 19.5 Å². The largest absolute Gasteiger partial charge is 0.507 e. The fourth-order valence-corrected chi connectivity index (χ4v) is 4.79. The number of aromatic hydroxyl groups is 1. The summed E-state index contributed by atoms with van der Waals surface area (Å²) in [4.78, 5) is 39.4. The minimum absolute atomic E-state index is 0.0983. The molecule has 0 radical (unpaired) electrons. The molecule has 5 rings (SSSR count). The Balaban J connectivity index is 1.72. The van der Waals surface area contributed by atoms with Gasteiger partial charge in [0.15, 0.2) is 5.78 Å². The molecule has 1 aliphatic rings. The van der Waals surface area contributed by atoms with Crippen molar-refractivity contribution in [3.8, 4) is 11.5 Å². The molecule has 35 heavy (non-hydrogen) atoms. The molecule has 2 heterocycles. The number of aromatic nitrogens is 1. The van der Waals surface area contributed by atoms with Gasteiger partial charge in [0.1, 0.15) is 11.5 Å². The summed E-state index contributed by atoms with van der Waals surface area (Å²) < 4.78 is 7.14. The average molecular weight is 468 g/mol. The number of hydrogen-bond acceptors (Lipinski definition) is 5. The van der Waals surface area contributed by atoms with Gasteiger partial charge in [-0.25, -0.2) is 0 Å². The van der Waals surface area contributed by atoms with Gasteiger partial charge < -0.3 is 14.4 Å². The predicted octanol–water partition coefficient (Wildman–Crippen LogP) is 5.04. The number of phenols is 1. The Morgan fingerprint density at radius 1 is 1.03 bits per heavy atom. The van der Waals surface area contributed by atoms with Gasteiger partial charge in [0.2, 0.25) is 0 Å². The van der Waals surface area contributed by atoms with Gasteiger partial charge in [-0.1, -0.05) is 62.4 Å². The number of nitrogens with zero attached hydrogens (tertiary/aromatic N) is 1. The number of para-hydroxylation sites is 1. The monoisotopic (exact) mass is 467 g/mol. The summed E-state index contributed by atoms with van der Waals surface area (Å²) >= 11 is 0. The van der Waals surface area contributed by atoms with E-state index in [0.29, 0.717) is 17.7 Å². The van der Waals surface area contributed by atoms with Gasteiger partial charge in [-0.05, 0) is 35.6 Å². The second kappa shape index (κ2) is 8.87. The van der Waals surface area contributed by atoms with Crippen molar-refractivity contribution in [3.63, 3.8) is 0 Å². The quantitative estimate of drug-likeness (QED) is 0.253. The molecule has 1 aromatic heterocycles. The molecule has 0 amide bonds. The Morgan fingerprint density at radius 2 is 1.74 bits per heavy atom. The molecule has 0 unspecified atom stereocenters. The zero-order chi connectivity index (χ0) is 24.7. The van der Waals surface area contributed by atoms with E-state index < -0.39 is 11.9 Å². The highest BCUT2D eigenvalue weighted by Gasteiger charge is 2.35. The van der Waals surface area contributed by atoms with Crippen molar-refractivity contribution in [2.24, 2.45) is 5.92 Å². The van der Waals surface area contributed by atoms with Gasteiger partial charge >= 0.3 is 5.97 Å². The minimum Gasteiger partial charge on any atom is -0.507 e. The van der Waals surface area contributed by atoms with E-state index in [2.05, 4.69) is 0 Å². The molecule has 0 saturated carbocycles. The smallest absolute Gasteiger partial charge is 0.312 e. The third kappa shape index (κ3) is 4.01. The minimum atomic E-state index is -0.745. The fourth-order valence-electron chi connectivity index (χ4n) is 4.79. The molecule has 6 nitrogen and oxygen atoms in total. The second-order valence-electron chi connectivity index (χ2n) is 9.27. The van der Waals surface area contributed by atoms with Gasteiger partial charge in [0.05, 0.1) is 17.5 Å². The van der Waals surface area contributed by atoms with E-state index in [-0.39, 0.29) is 46.3 Å². The van der Waals surface area contributed by atoms with Gasteiger partial charge in [-0.2, -0.15) is 0 Å². The predicted molar refractivity (Wildman–Crippen MR) is 133 cm³/mol. The second-order valence-corrected chi connectivity index (χ2v) is 9.27. The Bertz CT molecular complexity index is 1520. The van der Waals surface area contributed by atoms with E-state index in [4.69, 9.17) is 4.74 Å². The van der Waals surface area contributed by atoms with Gasteiger partial charge in [-0.3, -0.25) is 14.4 Å². The molecule has 4 aromatic rings. The zero-order valence-electron chi connectivity index (χ0n) is 19.5. The van der Waals surface area contributed by atoms with Crippen LogP contribution in [0.2, 0.25) is 0 Å². The summed E-state index contributed by atoms with van der Waals surface area (Å²) in [6, 6.07) is 21.0. The van der Waals surface area contributed by atoms with Crippen LogP contribution < -0.4 is 10.3 Å². The number of esters is 1. The molecular formula is C29H25NO5. The number of phenolic OH excluding ortho intramolecular Hbond substituents is 1. The van der Waals surface area contributed by atoms with Crippen LogP contribution in [0.25, 0.3) is 10.9 Å².